The topological polar surface area (TPSA) is 75.1 Å². The van der Waals surface area contributed by atoms with Crippen molar-refractivity contribution in [3.05, 3.63) is 35.4 Å². The number of benzene rings is 1. The molecule has 0 unspecified atom stereocenters. The maximum atomic E-state index is 9.42. The van der Waals surface area contributed by atoms with Crippen LogP contribution < -0.4 is 10.6 Å². The first-order chi connectivity index (χ1) is 14.1. The van der Waals surface area contributed by atoms with Crippen molar-refractivity contribution in [3.63, 3.8) is 0 Å². The lowest BCUT2D eigenvalue weighted by atomic mass is 9.79. The van der Waals surface area contributed by atoms with Crippen molar-refractivity contribution in [2.24, 2.45) is 10.4 Å². The first kappa shape index (κ1) is 25.4. The van der Waals surface area contributed by atoms with E-state index in [2.05, 4.69) is 49.6 Å². The van der Waals surface area contributed by atoms with Gasteiger partial charge in [-0.25, -0.2) is 4.99 Å². The number of nitrogens with zero attached hydrogens (tertiary/aromatic N) is 1. The molecule has 6 heteroatoms. The molecule has 0 amide bonds. The summed E-state index contributed by atoms with van der Waals surface area (Å²) in [5.41, 5.74) is 2.40. The largest absolute Gasteiger partial charge is 0.396 e. The summed E-state index contributed by atoms with van der Waals surface area (Å²) in [6.07, 6.45) is 2.86. The minimum Gasteiger partial charge on any atom is -0.396 e. The number of guanidine groups is 1. The number of aliphatic imine (C=N–C) groups is 1. The smallest absolute Gasteiger partial charge is 0.191 e. The van der Waals surface area contributed by atoms with Crippen LogP contribution in [-0.2, 0) is 22.6 Å². The highest BCUT2D eigenvalue weighted by Crippen LogP contribution is 2.29. The van der Waals surface area contributed by atoms with Crippen LogP contribution in [0.5, 0.6) is 0 Å². The van der Waals surface area contributed by atoms with Gasteiger partial charge in [0.15, 0.2) is 5.96 Å². The van der Waals surface area contributed by atoms with Crippen LogP contribution in [0.4, 0.5) is 0 Å². The van der Waals surface area contributed by atoms with Gasteiger partial charge in [-0.2, -0.15) is 0 Å². The Kier molecular flexibility index (Phi) is 13.4. The second-order valence-electron chi connectivity index (χ2n) is 7.30. The van der Waals surface area contributed by atoms with Gasteiger partial charge < -0.3 is 25.2 Å². The van der Waals surface area contributed by atoms with Gasteiger partial charge in [0.1, 0.15) is 0 Å². The van der Waals surface area contributed by atoms with Crippen LogP contribution >= 0.6 is 0 Å². The van der Waals surface area contributed by atoms with Crippen molar-refractivity contribution in [2.75, 3.05) is 39.5 Å². The van der Waals surface area contributed by atoms with Crippen LogP contribution in [0.1, 0.15) is 58.1 Å². The van der Waals surface area contributed by atoms with Crippen molar-refractivity contribution < 1.29 is 14.6 Å². The molecule has 0 spiro atoms. The quantitative estimate of drug-likeness (QED) is 0.236. The maximum absolute atomic E-state index is 9.42. The second-order valence-corrected chi connectivity index (χ2v) is 7.30. The number of ether oxygens (including phenoxy) is 2. The Bertz CT molecular complexity index is 574. The Morgan fingerprint density at radius 2 is 1.76 bits per heavy atom. The first-order valence-corrected chi connectivity index (χ1v) is 11.0. The number of hydrogen-bond donors (Lipinski definition) is 3. The molecule has 0 aliphatic rings. The fourth-order valence-electron chi connectivity index (χ4n) is 3.23. The van der Waals surface area contributed by atoms with Gasteiger partial charge in [0.25, 0.3) is 0 Å². The zero-order valence-electron chi connectivity index (χ0n) is 18.8. The number of rotatable bonds is 15. The Hall–Kier alpha value is -1.63. The monoisotopic (exact) mass is 407 g/mol. The van der Waals surface area contributed by atoms with E-state index >= 15 is 0 Å². The van der Waals surface area contributed by atoms with E-state index in [0.29, 0.717) is 26.4 Å². The normalized spacial score (nSPS) is 12.2. The van der Waals surface area contributed by atoms with Crippen molar-refractivity contribution in [1.29, 1.82) is 0 Å². The van der Waals surface area contributed by atoms with E-state index in [1.165, 1.54) is 0 Å². The van der Waals surface area contributed by atoms with Crippen molar-refractivity contribution >= 4 is 5.96 Å². The van der Waals surface area contributed by atoms with Gasteiger partial charge in [-0.15, -0.1) is 0 Å². The summed E-state index contributed by atoms with van der Waals surface area (Å²) in [7, 11) is 0. The Balaban J connectivity index is 2.64. The summed E-state index contributed by atoms with van der Waals surface area (Å²) in [6, 6.07) is 8.35. The third-order valence-electron chi connectivity index (χ3n) is 5.37. The molecule has 1 rings (SSSR count). The molecule has 0 saturated carbocycles. The maximum Gasteiger partial charge on any atom is 0.191 e. The fraction of sp³-hybridized carbons (Fsp3) is 0.696. The van der Waals surface area contributed by atoms with Gasteiger partial charge in [0, 0.05) is 26.3 Å². The lowest BCUT2D eigenvalue weighted by Gasteiger charge is -2.32. The summed E-state index contributed by atoms with van der Waals surface area (Å²) < 4.78 is 10.9. The number of aliphatic hydroxyl groups is 1. The van der Waals surface area contributed by atoms with Crippen LogP contribution in [0, 0.1) is 5.41 Å². The molecule has 0 bridgehead atoms. The van der Waals surface area contributed by atoms with Crippen LogP contribution in [-0.4, -0.2) is 50.6 Å². The molecule has 0 radical (unpaired) electrons. The minimum atomic E-state index is 0.101. The number of nitrogens with one attached hydrogen (secondary N) is 2. The van der Waals surface area contributed by atoms with Gasteiger partial charge in [-0.3, -0.25) is 0 Å². The summed E-state index contributed by atoms with van der Waals surface area (Å²) in [5.74, 6) is 0.815. The molecule has 166 valence electrons. The summed E-state index contributed by atoms with van der Waals surface area (Å²) in [4.78, 5) is 4.75. The average molecular weight is 408 g/mol. The molecule has 1 aromatic carbocycles. The van der Waals surface area contributed by atoms with E-state index in [-0.39, 0.29) is 12.0 Å². The van der Waals surface area contributed by atoms with E-state index in [1.54, 1.807) is 0 Å². The van der Waals surface area contributed by atoms with Gasteiger partial charge in [0.2, 0.25) is 0 Å². The van der Waals surface area contributed by atoms with Gasteiger partial charge in [-0.05, 0) is 49.7 Å². The lowest BCUT2D eigenvalue weighted by molar-refractivity contribution is 0.0453. The summed E-state index contributed by atoms with van der Waals surface area (Å²) in [5, 5.41) is 16.2. The molecule has 0 aromatic heterocycles. The minimum absolute atomic E-state index is 0.101. The van der Waals surface area contributed by atoms with E-state index in [4.69, 9.17) is 14.5 Å². The zero-order chi connectivity index (χ0) is 21.4. The van der Waals surface area contributed by atoms with Crippen LogP contribution in [0.15, 0.2) is 29.3 Å². The number of aliphatic hydroxyl groups excluding tert-OH is 1. The molecule has 0 fully saturated rings. The van der Waals surface area contributed by atoms with Crippen molar-refractivity contribution in [1.82, 2.24) is 10.6 Å². The average Bonchev–Trinajstić information content (AvgIpc) is 2.75. The number of hydrogen-bond acceptors (Lipinski definition) is 4. The molecule has 0 aliphatic heterocycles. The molecular formula is C23H41N3O3. The standard InChI is InChI=1S/C23H41N3O3/c1-5-23(6-2,12-13-27)19-26-22(24-7-3)25-17-20-10-9-11-21(16-20)18-29-15-14-28-8-4/h9-11,16,27H,5-8,12-15,17-19H2,1-4H3,(H2,24,25,26). The van der Waals surface area contributed by atoms with Gasteiger partial charge >= 0.3 is 0 Å². The molecule has 0 aliphatic carbocycles. The fourth-order valence-corrected chi connectivity index (χ4v) is 3.23. The molecule has 6 nitrogen and oxygen atoms in total. The van der Waals surface area contributed by atoms with E-state index < -0.39 is 0 Å². The zero-order valence-corrected chi connectivity index (χ0v) is 18.8. The van der Waals surface area contributed by atoms with Crippen LogP contribution in [0.3, 0.4) is 0 Å². The van der Waals surface area contributed by atoms with Crippen molar-refractivity contribution in [2.45, 2.75) is 60.1 Å². The molecular weight excluding hydrogens is 366 g/mol. The van der Waals surface area contributed by atoms with E-state index in [1.807, 2.05) is 13.0 Å². The summed E-state index contributed by atoms with van der Waals surface area (Å²) in [6.45, 7) is 13.4. The molecule has 3 N–H and O–H groups in total. The van der Waals surface area contributed by atoms with Crippen LogP contribution in [0.2, 0.25) is 0 Å². The highest BCUT2D eigenvalue weighted by atomic mass is 16.5. The van der Waals surface area contributed by atoms with Crippen molar-refractivity contribution in [3.8, 4) is 0 Å². The van der Waals surface area contributed by atoms with Gasteiger partial charge in [0.05, 0.1) is 26.4 Å². The molecule has 0 saturated heterocycles. The first-order valence-electron chi connectivity index (χ1n) is 11.0. The van der Waals surface area contributed by atoms with Gasteiger partial charge in [-0.1, -0.05) is 38.1 Å². The van der Waals surface area contributed by atoms with E-state index in [9.17, 15) is 5.11 Å². The third kappa shape index (κ3) is 10.1. The SMILES string of the molecule is CCNC(=NCc1cccc(COCCOCC)c1)NCC(CC)(CC)CCO. The lowest BCUT2D eigenvalue weighted by Crippen LogP contribution is -2.43. The highest BCUT2D eigenvalue weighted by Gasteiger charge is 2.25. The predicted octanol–water partition coefficient (Wildman–Crippen LogP) is 3.48. The summed E-state index contributed by atoms with van der Waals surface area (Å²) >= 11 is 0. The molecule has 0 heterocycles. The Morgan fingerprint density at radius 3 is 2.41 bits per heavy atom. The predicted molar refractivity (Wildman–Crippen MR) is 120 cm³/mol. The molecule has 1 aromatic rings. The molecule has 29 heavy (non-hydrogen) atoms. The Morgan fingerprint density at radius 1 is 1.03 bits per heavy atom. The van der Waals surface area contributed by atoms with Crippen LogP contribution in [0.25, 0.3) is 0 Å². The Labute approximate surface area is 177 Å². The second kappa shape index (κ2) is 15.2. The molecule has 0 atom stereocenters. The third-order valence-corrected chi connectivity index (χ3v) is 5.37. The highest BCUT2D eigenvalue weighted by molar-refractivity contribution is 5.79. The van der Waals surface area contributed by atoms with E-state index in [0.717, 1.165) is 56.0 Å².